The molecule has 0 aliphatic heterocycles. The van der Waals surface area contributed by atoms with Crippen molar-refractivity contribution < 1.29 is 14.0 Å². The first-order valence-electron chi connectivity index (χ1n) is 11.2. The molecule has 2 aromatic carbocycles. The lowest BCUT2D eigenvalue weighted by Crippen LogP contribution is -2.52. The highest BCUT2D eigenvalue weighted by Crippen LogP contribution is 2.23. The Morgan fingerprint density at radius 2 is 1.44 bits per heavy atom. The number of nitrogens with zero attached hydrogens (tertiary/aromatic N) is 1. The standard InChI is InChI=1S/C27H37FN2O2/c1-19(25(32)29-27(5,6)7)30(18-21-10-15-23(28)16-11-21)24(31)17-12-20-8-13-22(14-9-20)26(2,3)4/h8-11,13-16,19H,12,17-18H2,1-7H3,(H,29,32)/t19-/m1/s1. The lowest BCUT2D eigenvalue weighted by atomic mass is 9.86. The molecule has 0 aromatic heterocycles. The number of aryl methyl sites for hydroxylation is 1. The zero-order valence-electron chi connectivity index (χ0n) is 20.5. The summed E-state index contributed by atoms with van der Waals surface area (Å²) in [5.41, 5.74) is 2.79. The van der Waals surface area contributed by atoms with E-state index in [1.165, 1.54) is 17.7 Å². The quantitative estimate of drug-likeness (QED) is 0.628. The summed E-state index contributed by atoms with van der Waals surface area (Å²) in [6, 6.07) is 13.7. The molecule has 0 spiro atoms. The molecule has 0 saturated carbocycles. The summed E-state index contributed by atoms with van der Waals surface area (Å²) in [5, 5.41) is 2.95. The second-order valence-electron chi connectivity index (χ2n) is 10.5. The number of nitrogens with one attached hydrogen (secondary N) is 1. The van der Waals surface area contributed by atoms with Gasteiger partial charge in [-0.15, -0.1) is 0 Å². The molecule has 2 amide bonds. The molecule has 4 nitrogen and oxygen atoms in total. The molecule has 1 N–H and O–H groups in total. The molecule has 0 radical (unpaired) electrons. The minimum Gasteiger partial charge on any atom is -0.350 e. The van der Waals surface area contributed by atoms with Gasteiger partial charge in [0.1, 0.15) is 11.9 Å². The molecule has 32 heavy (non-hydrogen) atoms. The Morgan fingerprint density at radius 3 is 1.94 bits per heavy atom. The van der Waals surface area contributed by atoms with Crippen LogP contribution in [-0.4, -0.2) is 28.3 Å². The van der Waals surface area contributed by atoms with E-state index in [4.69, 9.17) is 0 Å². The van der Waals surface area contributed by atoms with Crippen LogP contribution in [0.5, 0.6) is 0 Å². The van der Waals surface area contributed by atoms with Crippen LogP contribution in [-0.2, 0) is 28.0 Å². The average Bonchev–Trinajstić information content (AvgIpc) is 2.69. The largest absolute Gasteiger partial charge is 0.350 e. The Bertz CT molecular complexity index is 907. The maximum absolute atomic E-state index is 13.3. The monoisotopic (exact) mass is 440 g/mol. The third-order valence-corrected chi connectivity index (χ3v) is 5.38. The number of carbonyl (C=O) groups is 2. The van der Waals surface area contributed by atoms with Gasteiger partial charge in [0.15, 0.2) is 0 Å². The van der Waals surface area contributed by atoms with Gasteiger partial charge in [0.2, 0.25) is 11.8 Å². The van der Waals surface area contributed by atoms with Crippen molar-refractivity contribution in [2.45, 2.75) is 84.8 Å². The maximum atomic E-state index is 13.3. The van der Waals surface area contributed by atoms with Crippen molar-refractivity contribution in [3.05, 3.63) is 71.0 Å². The Kier molecular flexibility index (Phi) is 8.22. The number of hydrogen-bond acceptors (Lipinski definition) is 2. The number of benzene rings is 2. The molecule has 0 aliphatic carbocycles. The van der Waals surface area contributed by atoms with Crippen LogP contribution in [0.3, 0.4) is 0 Å². The lowest BCUT2D eigenvalue weighted by molar-refractivity contribution is -0.141. The third kappa shape index (κ3) is 7.77. The van der Waals surface area contributed by atoms with Gasteiger partial charge in [-0.25, -0.2) is 4.39 Å². The van der Waals surface area contributed by atoms with E-state index in [0.717, 1.165) is 11.1 Å². The minimum absolute atomic E-state index is 0.0795. The number of amides is 2. The molecule has 2 rings (SSSR count). The van der Waals surface area contributed by atoms with Gasteiger partial charge in [0.05, 0.1) is 0 Å². The van der Waals surface area contributed by atoms with E-state index in [2.05, 4.69) is 50.4 Å². The summed E-state index contributed by atoms with van der Waals surface area (Å²) >= 11 is 0. The number of carbonyl (C=O) groups excluding carboxylic acids is 2. The molecule has 0 aliphatic rings. The first-order chi connectivity index (χ1) is 14.8. The normalized spacial score (nSPS) is 12.9. The van der Waals surface area contributed by atoms with Crippen molar-refractivity contribution in [3.8, 4) is 0 Å². The molecular weight excluding hydrogens is 403 g/mol. The summed E-state index contributed by atoms with van der Waals surface area (Å²) in [7, 11) is 0. The van der Waals surface area contributed by atoms with Crippen LogP contribution in [0.4, 0.5) is 4.39 Å². The van der Waals surface area contributed by atoms with Gasteiger partial charge in [-0.2, -0.15) is 0 Å². The third-order valence-electron chi connectivity index (χ3n) is 5.38. The zero-order valence-corrected chi connectivity index (χ0v) is 20.5. The van der Waals surface area contributed by atoms with Crippen LogP contribution >= 0.6 is 0 Å². The summed E-state index contributed by atoms with van der Waals surface area (Å²) in [6.45, 7) is 14.2. The van der Waals surface area contributed by atoms with Gasteiger partial charge >= 0.3 is 0 Å². The molecule has 0 saturated heterocycles. The number of hydrogen-bond donors (Lipinski definition) is 1. The van der Waals surface area contributed by atoms with E-state index in [0.29, 0.717) is 12.8 Å². The summed E-state index contributed by atoms with van der Waals surface area (Å²) in [6.07, 6.45) is 0.889. The molecule has 174 valence electrons. The van der Waals surface area contributed by atoms with E-state index in [-0.39, 0.29) is 29.6 Å². The van der Waals surface area contributed by atoms with E-state index in [1.54, 1.807) is 24.0 Å². The van der Waals surface area contributed by atoms with Crippen molar-refractivity contribution >= 4 is 11.8 Å². The summed E-state index contributed by atoms with van der Waals surface area (Å²) < 4.78 is 13.3. The second kappa shape index (κ2) is 10.3. The highest BCUT2D eigenvalue weighted by molar-refractivity contribution is 5.87. The molecule has 0 bridgehead atoms. The van der Waals surface area contributed by atoms with Gasteiger partial charge in [0, 0.05) is 18.5 Å². The molecule has 0 heterocycles. The topological polar surface area (TPSA) is 49.4 Å². The fourth-order valence-electron chi connectivity index (χ4n) is 3.41. The SMILES string of the molecule is C[C@H](C(=O)NC(C)(C)C)N(Cc1ccc(F)cc1)C(=O)CCc1ccc(C(C)(C)C)cc1. The van der Waals surface area contributed by atoms with Gasteiger partial charge < -0.3 is 10.2 Å². The fraction of sp³-hybridized carbons (Fsp3) is 0.481. The van der Waals surface area contributed by atoms with Crippen LogP contribution in [0.2, 0.25) is 0 Å². The molecule has 0 unspecified atom stereocenters. The predicted octanol–water partition coefficient (Wildman–Crippen LogP) is 5.39. The van der Waals surface area contributed by atoms with Crippen molar-refractivity contribution in [2.75, 3.05) is 0 Å². The van der Waals surface area contributed by atoms with Crippen LogP contribution in [0.15, 0.2) is 48.5 Å². The van der Waals surface area contributed by atoms with Gasteiger partial charge in [0.25, 0.3) is 0 Å². The van der Waals surface area contributed by atoms with Crippen molar-refractivity contribution in [3.63, 3.8) is 0 Å². The zero-order chi connectivity index (χ0) is 24.1. The van der Waals surface area contributed by atoms with Crippen molar-refractivity contribution in [1.29, 1.82) is 0 Å². The molecule has 1 atom stereocenters. The highest BCUT2D eigenvalue weighted by atomic mass is 19.1. The first kappa shape index (κ1) is 25.6. The van der Waals surface area contributed by atoms with Crippen molar-refractivity contribution in [2.24, 2.45) is 0 Å². The minimum atomic E-state index is -0.643. The summed E-state index contributed by atoms with van der Waals surface area (Å²) in [4.78, 5) is 27.6. The van der Waals surface area contributed by atoms with Crippen LogP contribution in [0, 0.1) is 5.82 Å². The van der Waals surface area contributed by atoms with Gasteiger partial charge in [-0.05, 0) is 68.4 Å². The van der Waals surface area contributed by atoms with Crippen LogP contribution in [0.1, 0.15) is 71.6 Å². The first-order valence-corrected chi connectivity index (χ1v) is 11.2. The van der Waals surface area contributed by atoms with E-state index >= 15 is 0 Å². The van der Waals surface area contributed by atoms with E-state index < -0.39 is 11.6 Å². The Hall–Kier alpha value is -2.69. The Balaban J connectivity index is 2.15. The van der Waals surface area contributed by atoms with Crippen LogP contribution < -0.4 is 5.32 Å². The van der Waals surface area contributed by atoms with Crippen molar-refractivity contribution in [1.82, 2.24) is 10.2 Å². The smallest absolute Gasteiger partial charge is 0.242 e. The Morgan fingerprint density at radius 1 is 0.906 bits per heavy atom. The maximum Gasteiger partial charge on any atom is 0.242 e. The predicted molar refractivity (Wildman–Crippen MR) is 128 cm³/mol. The van der Waals surface area contributed by atoms with E-state index in [9.17, 15) is 14.0 Å². The number of rotatable bonds is 7. The average molecular weight is 441 g/mol. The van der Waals surface area contributed by atoms with Gasteiger partial charge in [-0.3, -0.25) is 9.59 Å². The second-order valence-corrected chi connectivity index (χ2v) is 10.5. The van der Waals surface area contributed by atoms with E-state index in [1.807, 2.05) is 20.8 Å². The highest BCUT2D eigenvalue weighted by Gasteiger charge is 2.28. The molecule has 5 heteroatoms. The van der Waals surface area contributed by atoms with Gasteiger partial charge in [-0.1, -0.05) is 57.2 Å². The number of halogens is 1. The fourth-order valence-corrected chi connectivity index (χ4v) is 3.41. The van der Waals surface area contributed by atoms with Crippen LogP contribution in [0.25, 0.3) is 0 Å². The molecule has 0 fully saturated rings. The lowest BCUT2D eigenvalue weighted by Gasteiger charge is -2.31. The molecule has 2 aromatic rings. The molecular formula is C27H37FN2O2. The summed E-state index contributed by atoms with van der Waals surface area (Å²) in [5.74, 6) is -0.642. The Labute approximate surface area is 192 Å².